The number of imidazole rings is 1. The molecule has 0 spiro atoms. The minimum Gasteiger partial charge on any atom is -0.465 e. The number of aromatic nitrogens is 2. The number of halogens is 3. The second kappa shape index (κ2) is 10.00. The molecule has 1 aliphatic rings. The molecule has 0 bridgehead atoms. The van der Waals surface area contributed by atoms with Crippen molar-refractivity contribution in [2.24, 2.45) is 17.3 Å². The SMILES string of the molecule is CC(C)(COC(F)(F)F)CN(CC1CCCC(Cn2cnc3ccc(C#N)cc32)C1)C(=O)O. The molecule has 10 heteroatoms. The van der Waals surface area contributed by atoms with Gasteiger partial charge in [0, 0.05) is 25.0 Å². The summed E-state index contributed by atoms with van der Waals surface area (Å²) in [6.45, 7) is 3.50. The first-order valence-corrected chi connectivity index (χ1v) is 11.0. The van der Waals surface area contributed by atoms with Crippen LogP contribution in [0.1, 0.15) is 45.1 Å². The minimum absolute atomic E-state index is 0.0390. The number of hydrogen-bond acceptors (Lipinski definition) is 4. The summed E-state index contributed by atoms with van der Waals surface area (Å²) < 4.78 is 43.2. The average molecular weight is 467 g/mol. The van der Waals surface area contributed by atoms with E-state index in [-0.39, 0.29) is 19.0 Å². The van der Waals surface area contributed by atoms with Gasteiger partial charge >= 0.3 is 12.5 Å². The zero-order valence-electron chi connectivity index (χ0n) is 18.8. The first-order valence-electron chi connectivity index (χ1n) is 11.0. The number of carbonyl (C=O) groups is 1. The van der Waals surface area contributed by atoms with Crippen LogP contribution in [0, 0.1) is 28.6 Å². The normalized spacial score (nSPS) is 19.4. The molecule has 33 heavy (non-hydrogen) atoms. The maximum Gasteiger partial charge on any atom is 0.522 e. The number of ether oxygens (including phenoxy) is 1. The van der Waals surface area contributed by atoms with E-state index in [0.717, 1.165) is 43.3 Å². The summed E-state index contributed by atoms with van der Waals surface area (Å²) in [6.07, 6.45) is -0.452. The Kier molecular flexibility index (Phi) is 7.52. The molecule has 2 atom stereocenters. The largest absolute Gasteiger partial charge is 0.522 e. The standard InChI is InChI=1S/C23H29F3N4O3/c1-22(2,14-33-23(24,25)26)13-29(21(31)32)11-17-4-3-5-18(8-17)12-30-15-28-19-7-6-16(10-27)9-20(19)30/h6-7,9,15,17-18H,3-5,8,11-14H2,1-2H3,(H,31,32). The number of fused-ring (bicyclic) bond motifs is 1. The van der Waals surface area contributed by atoms with E-state index in [9.17, 15) is 23.1 Å². The van der Waals surface area contributed by atoms with Crippen molar-refractivity contribution in [3.05, 3.63) is 30.1 Å². The van der Waals surface area contributed by atoms with Crippen LogP contribution in [-0.2, 0) is 11.3 Å². The molecule has 1 saturated carbocycles. The molecule has 3 rings (SSSR count). The molecule has 1 amide bonds. The van der Waals surface area contributed by atoms with Crippen molar-refractivity contribution in [2.75, 3.05) is 19.7 Å². The molecule has 0 aliphatic heterocycles. The second-order valence-electron chi connectivity index (χ2n) is 9.67. The van der Waals surface area contributed by atoms with Crippen molar-refractivity contribution in [3.8, 4) is 6.07 Å². The third-order valence-corrected chi connectivity index (χ3v) is 6.09. The zero-order chi connectivity index (χ0) is 24.2. The van der Waals surface area contributed by atoms with Crippen LogP contribution in [-0.4, -0.2) is 51.7 Å². The Morgan fingerprint density at radius 1 is 1.33 bits per heavy atom. The number of rotatable bonds is 8. The highest BCUT2D eigenvalue weighted by Gasteiger charge is 2.35. The highest BCUT2D eigenvalue weighted by molar-refractivity contribution is 5.76. The van der Waals surface area contributed by atoms with Crippen LogP contribution in [0.25, 0.3) is 11.0 Å². The van der Waals surface area contributed by atoms with Crippen LogP contribution < -0.4 is 0 Å². The van der Waals surface area contributed by atoms with E-state index in [0.29, 0.717) is 11.5 Å². The fraction of sp³-hybridized carbons (Fsp3) is 0.609. The van der Waals surface area contributed by atoms with Gasteiger partial charge in [-0.3, -0.25) is 4.74 Å². The van der Waals surface area contributed by atoms with Crippen molar-refractivity contribution in [2.45, 2.75) is 52.4 Å². The summed E-state index contributed by atoms with van der Waals surface area (Å²) in [5.41, 5.74) is 1.31. The topological polar surface area (TPSA) is 91.4 Å². The molecular formula is C23H29F3N4O3. The molecule has 1 aromatic heterocycles. The third kappa shape index (κ3) is 7.09. The maximum absolute atomic E-state index is 12.4. The van der Waals surface area contributed by atoms with Gasteiger partial charge in [0.1, 0.15) is 0 Å². The molecule has 1 N–H and O–H groups in total. The van der Waals surface area contributed by atoms with Gasteiger partial charge in [-0.2, -0.15) is 5.26 Å². The molecule has 1 aromatic carbocycles. The number of carboxylic acid groups (broad SMARTS) is 1. The molecule has 1 heterocycles. The highest BCUT2D eigenvalue weighted by atomic mass is 19.4. The van der Waals surface area contributed by atoms with Crippen LogP contribution in [0.3, 0.4) is 0 Å². The van der Waals surface area contributed by atoms with Gasteiger partial charge in [0.2, 0.25) is 0 Å². The van der Waals surface area contributed by atoms with E-state index in [2.05, 4.69) is 15.8 Å². The molecule has 0 saturated heterocycles. The van der Waals surface area contributed by atoms with Crippen molar-refractivity contribution in [3.63, 3.8) is 0 Å². The number of alkyl halides is 3. The van der Waals surface area contributed by atoms with Crippen LogP contribution in [0.4, 0.5) is 18.0 Å². The summed E-state index contributed by atoms with van der Waals surface area (Å²) in [6, 6.07) is 7.52. The van der Waals surface area contributed by atoms with Gasteiger partial charge in [0.25, 0.3) is 0 Å². The van der Waals surface area contributed by atoms with Gasteiger partial charge in [0.15, 0.2) is 0 Å². The fourth-order valence-electron chi connectivity index (χ4n) is 4.65. The number of benzene rings is 1. The lowest BCUT2D eigenvalue weighted by atomic mass is 9.80. The molecule has 1 fully saturated rings. The van der Waals surface area contributed by atoms with Crippen LogP contribution in [0.5, 0.6) is 0 Å². The van der Waals surface area contributed by atoms with Crippen LogP contribution in [0.15, 0.2) is 24.5 Å². The molecule has 1 aliphatic carbocycles. The van der Waals surface area contributed by atoms with E-state index >= 15 is 0 Å². The van der Waals surface area contributed by atoms with Crippen LogP contribution in [0.2, 0.25) is 0 Å². The van der Waals surface area contributed by atoms with Crippen LogP contribution >= 0.6 is 0 Å². The summed E-state index contributed by atoms with van der Waals surface area (Å²) in [4.78, 5) is 17.4. The fourth-order valence-corrected chi connectivity index (χ4v) is 4.65. The molecule has 2 unspecified atom stereocenters. The molecule has 7 nitrogen and oxygen atoms in total. The van der Waals surface area contributed by atoms with Gasteiger partial charge in [-0.05, 0) is 49.3 Å². The van der Waals surface area contributed by atoms with Gasteiger partial charge in [-0.25, -0.2) is 9.78 Å². The molecule has 2 aromatic rings. The van der Waals surface area contributed by atoms with Crippen molar-refractivity contribution < 1.29 is 27.8 Å². The lowest BCUT2D eigenvalue weighted by Gasteiger charge is -2.36. The van der Waals surface area contributed by atoms with Crippen molar-refractivity contribution in [1.82, 2.24) is 14.5 Å². The van der Waals surface area contributed by atoms with Crippen molar-refractivity contribution in [1.29, 1.82) is 5.26 Å². The van der Waals surface area contributed by atoms with Gasteiger partial charge < -0.3 is 14.6 Å². The van der Waals surface area contributed by atoms with E-state index in [1.54, 1.807) is 26.2 Å². The zero-order valence-corrected chi connectivity index (χ0v) is 18.8. The lowest BCUT2D eigenvalue weighted by molar-refractivity contribution is -0.332. The Morgan fingerprint density at radius 3 is 2.73 bits per heavy atom. The maximum atomic E-state index is 12.4. The summed E-state index contributed by atoms with van der Waals surface area (Å²) in [7, 11) is 0. The predicted molar refractivity (Wildman–Crippen MR) is 115 cm³/mol. The monoisotopic (exact) mass is 466 g/mol. The van der Waals surface area contributed by atoms with Gasteiger partial charge in [0.05, 0.1) is 35.6 Å². The Labute approximate surface area is 190 Å². The molecule has 0 radical (unpaired) electrons. The Balaban J connectivity index is 1.62. The Hall–Kier alpha value is -2.80. The highest BCUT2D eigenvalue weighted by Crippen LogP contribution is 2.33. The quantitative estimate of drug-likeness (QED) is 0.573. The number of nitriles is 1. The van der Waals surface area contributed by atoms with Crippen molar-refractivity contribution >= 4 is 17.1 Å². The van der Waals surface area contributed by atoms with E-state index in [1.807, 2.05) is 16.7 Å². The molecular weight excluding hydrogens is 437 g/mol. The second-order valence-corrected chi connectivity index (χ2v) is 9.67. The predicted octanol–water partition coefficient (Wildman–Crippen LogP) is 5.26. The first kappa shape index (κ1) is 24.8. The van der Waals surface area contributed by atoms with Gasteiger partial charge in [-0.1, -0.05) is 20.3 Å². The third-order valence-electron chi connectivity index (χ3n) is 6.09. The van der Waals surface area contributed by atoms with E-state index in [4.69, 9.17) is 5.26 Å². The summed E-state index contributed by atoms with van der Waals surface area (Å²) >= 11 is 0. The number of hydrogen-bond donors (Lipinski definition) is 1. The first-order chi connectivity index (χ1) is 15.5. The summed E-state index contributed by atoms with van der Waals surface area (Å²) in [5, 5.41) is 18.8. The smallest absolute Gasteiger partial charge is 0.465 e. The molecule has 180 valence electrons. The Bertz CT molecular complexity index is 1010. The van der Waals surface area contributed by atoms with E-state index in [1.165, 1.54) is 4.90 Å². The lowest BCUT2D eigenvalue weighted by Crippen LogP contribution is -2.44. The summed E-state index contributed by atoms with van der Waals surface area (Å²) in [5.74, 6) is 0.452. The average Bonchev–Trinajstić information content (AvgIpc) is 3.13. The number of nitrogens with zero attached hydrogens (tertiary/aromatic N) is 4. The van der Waals surface area contributed by atoms with E-state index < -0.39 is 24.5 Å². The van der Waals surface area contributed by atoms with Gasteiger partial charge in [-0.15, -0.1) is 13.2 Å². The number of amides is 1. The minimum atomic E-state index is -4.74. The Morgan fingerprint density at radius 2 is 2.06 bits per heavy atom.